The maximum absolute atomic E-state index is 14.3. The third-order valence-corrected chi connectivity index (χ3v) is 24.9. The van der Waals surface area contributed by atoms with Gasteiger partial charge in [-0.15, -0.1) is 0 Å². The molecule has 109 heavy (non-hydrogen) atoms. The van der Waals surface area contributed by atoms with Crippen LogP contribution in [0.4, 0.5) is 17.5 Å². The quantitative estimate of drug-likeness (QED) is 0.0120. The molecule has 6 radical (unpaired) electrons. The van der Waals surface area contributed by atoms with Crippen molar-refractivity contribution in [2.24, 2.45) is 7.05 Å². The molecule has 11 heterocycles. The van der Waals surface area contributed by atoms with Gasteiger partial charge >= 0.3 is 18.2 Å². The summed E-state index contributed by atoms with van der Waals surface area (Å²) in [5, 5.41) is 63.2. The second kappa shape index (κ2) is 38.8. The van der Waals surface area contributed by atoms with E-state index in [1.165, 1.54) is 66.8 Å². The minimum atomic E-state index is -4.22. The number of hydrogen-bond donors (Lipinski definition) is 10. The van der Waals surface area contributed by atoms with Gasteiger partial charge in [-0.2, -0.15) is 4.98 Å². The Labute approximate surface area is 640 Å². The van der Waals surface area contributed by atoms with Crippen LogP contribution in [0.25, 0.3) is 11.2 Å². The molecule has 1 aromatic carbocycles. The van der Waals surface area contributed by atoms with E-state index in [9.17, 15) is 63.8 Å². The fourth-order valence-corrected chi connectivity index (χ4v) is 18.8. The molecule has 6 fully saturated rings. The van der Waals surface area contributed by atoms with Gasteiger partial charge in [-0.25, -0.2) is 29.1 Å². The molecular formula is C59H79B4N12O28P3S3-2. The number of ether oxygens (including phenoxy) is 9. The van der Waals surface area contributed by atoms with Crippen LogP contribution in [-0.4, -0.2) is 281 Å². The number of H-pyrrole nitrogens is 1. The number of aliphatic hydroxyl groups is 6. The van der Waals surface area contributed by atoms with E-state index in [1.54, 1.807) is 52.6 Å². The van der Waals surface area contributed by atoms with Crippen molar-refractivity contribution in [1.29, 1.82) is 0 Å². The molecular weight excluding hydrogens is 1560 g/mol. The fraction of sp³-hybridized carbons (Fsp3) is 0.593. The van der Waals surface area contributed by atoms with E-state index in [2.05, 4.69) is 30.2 Å². The summed E-state index contributed by atoms with van der Waals surface area (Å²) in [5.74, 6) is 0.657. The Hall–Kier alpha value is -5.13. The van der Waals surface area contributed by atoms with Crippen molar-refractivity contribution in [3.8, 4) is 0 Å². The molecule has 6 saturated heterocycles. The molecule has 6 aromatic rings. The van der Waals surface area contributed by atoms with Crippen LogP contribution in [0.2, 0.25) is 0 Å². The van der Waals surface area contributed by atoms with E-state index in [0.29, 0.717) is 41.3 Å². The molecule has 0 spiro atoms. The molecule has 50 heteroatoms. The number of benzene rings is 1. The van der Waals surface area contributed by atoms with Gasteiger partial charge in [0.15, 0.2) is 24.5 Å². The standard InChI is InChI=1S/C25H33B4N2O10PS.C19H26N5O11PS.C15H22N5O7PS/c1-31-15(9-10-18(31)30-25(34)14-7-5-4-6-8-14)13-43-42(35,38-12-17-19(33)21(36-2)23(28-26)40-17)41-20-16(11-32)39-24(29-27)22(20)37-3;1-31-16-15(27)11(34-17(16)24-5-3-13(26)22-19(24)29)8-32-36(30,37)35-9-6-14(33-10(9)7-25)23-4-2-12(20)21-18(23)28;16-14-13-15(18-6-17-14)20(7-19-13)12-3-9(10(4-21)26-12)27-28(23,29)25-5-11-8(22)1-2-24-11/h4-10,16-17,19-24,32-33H,11-13H2,1-3H3,(H,30,34);2-5,9-11,14-17,25,27H,6-8H2,1H3,(H,30,37)(H2,20,21,28)(H,22,26,29);6-12,21-22H,1-5H2,(H,23,29)(H2,16,17,18)/p-2/t16-,17-,19?,20?,21+,22+,23-,24-,42?;9?,10-,11-,14-,15?,16+,17-,36?;8?,9?,10-,11-,12-,28?/m111/s1. The van der Waals surface area contributed by atoms with Crippen molar-refractivity contribution < 1.29 is 119 Å². The maximum atomic E-state index is 14.3. The number of nitrogens with one attached hydrogen (secondary N) is 2. The molecule has 6 aliphatic rings. The summed E-state index contributed by atoms with van der Waals surface area (Å²) in [5.41, 5.74) is 11.3. The number of nitrogens with zero attached hydrogens (tertiary/aromatic N) is 8. The van der Waals surface area contributed by atoms with E-state index in [-0.39, 0.29) is 56.0 Å². The first kappa shape index (κ1) is 86.3. The summed E-state index contributed by atoms with van der Waals surface area (Å²) < 4.78 is 116. The number of nitrogens with two attached hydrogens (primary N) is 2. The molecule has 0 saturated carbocycles. The number of fused-ring (bicyclic) bond motifs is 1. The molecule has 9 unspecified atom stereocenters. The Balaban J connectivity index is 0.000000177. The highest BCUT2D eigenvalue weighted by molar-refractivity contribution is 8.54. The SMILES string of the molecule is CO[C@H]1C(O)[C@@H](COP([O-])(=S)OC2C[C@H](n3ccc(N)nc3=O)O[C@@H]2CO)O[C@H]1n1ccc(=O)[nH]c1=O.Nc1ncnc2c1ncn2[C@H]1CC(OP(=O)([S-])OC[C@H]2OCCC2O)[C@@H](CO)O1.[B][B][C@@H]1O[C@H](COP(=O)(OC2[C@@H](CO)O[C@@H]([B][B])[C@H]2OC)SCc2ccc(NC(=O)c3ccccc3)n2C)C(O)[C@@H]1OC. The van der Waals surface area contributed by atoms with Crippen LogP contribution in [0.15, 0.2) is 94.0 Å². The van der Waals surface area contributed by atoms with Crippen LogP contribution in [-0.2, 0) is 116 Å². The topological polar surface area (TPSA) is 536 Å². The Morgan fingerprint density at radius 2 is 1.36 bits per heavy atom. The van der Waals surface area contributed by atoms with Gasteiger partial charge in [0.1, 0.15) is 116 Å². The van der Waals surface area contributed by atoms with Crippen molar-refractivity contribution in [2.75, 3.05) is 84.4 Å². The molecule has 23 atom stereocenters. The number of anilines is 3. The van der Waals surface area contributed by atoms with Gasteiger partial charge in [0.05, 0.1) is 78.6 Å². The van der Waals surface area contributed by atoms with Crippen LogP contribution in [0, 0.1) is 0 Å². The summed E-state index contributed by atoms with van der Waals surface area (Å²) in [7, 11) is 19.8. The van der Waals surface area contributed by atoms with Crippen LogP contribution in [0.5, 0.6) is 0 Å². The fourth-order valence-electron chi connectivity index (χ4n) is 12.4. The number of methoxy groups -OCH3 is 3. The Bertz CT molecular complexity index is 4350. The number of aromatic amines is 1. The number of rotatable bonds is 31. The van der Waals surface area contributed by atoms with Crippen molar-refractivity contribution >= 4 is 120 Å². The van der Waals surface area contributed by atoms with E-state index in [0.717, 1.165) is 26.6 Å². The molecule has 40 nitrogen and oxygen atoms in total. The number of aliphatic hydroxyl groups excluding tert-OH is 6. The van der Waals surface area contributed by atoms with Crippen LogP contribution < -0.4 is 38.6 Å². The molecule has 0 bridgehead atoms. The zero-order valence-electron chi connectivity index (χ0n) is 58.6. The van der Waals surface area contributed by atoms with E-state index in [4.69, 9.17) is 121 Å². The third-order valence-electron chi connectivity index (χ3n) is 18.1. The van der Waals surface area contributed by atoms with E-state index in [1.807, 2.05) is 6.07 Å². The van der Waals surface area contributed by atoms with Crippen molar-refractivity contribution in [3.05, 3.63) is 122 Å². The Morgan fingerprint density at radius 1 is 0.743 bits per heavy atom. The van der Waals surface area contributed by atoms with Gasteiger partial charge < -0.3 is 130 Å². The first-order valence-electron chi connectivity index (χ1n) is 33.5. The van der Waals surface area contributed by atoms with Gasteiger partial charge in [-0.3, -0.25) is 41.9 Å². The average Bonchev–Trinajstić information content (AvgIpc) is 1.65. The normalized spacial score (nSPS) is 31.1. The lowest BCUT2D eigenvalue weighted by Gasteiger charge is -2.32. The summed E-state index contributed by atoms with van der Waals surface area (Å²) in [6, 6.07) is 13.4. The number of hydrogen-bond acceptors (Lipinski definition) is 37. The summed E-state index contributed by atoms with van der Waals surface area (Å²) in [6.45, 7) is -14.1. The smallest absolute Gasteiger partial charge is 0.390 e. The highest BCUT2D eigenvalue weighted by atomic mass is 32.7. The minimum absolute atomic E-state index is 0.00771. The molecule has 1 amide bonds. The number of imidazole rings is 1. The number of nitrogen functional groups attached to an aromatic ring is 2. The molecule has 12 N–H and O–H groups in total. The predicted octanol–water partition coefficient (Wildman–Crippen LogP) is -2.76. The average molecular weight is 1640 g/mol. The number of aromatic nitrogens is 9. The first-order chi connectivity index (χ1) is 52.1. The zero-order chi connectivity index (χ0) is 78.6. The lowest BCUT2D eigenvalue weighted by atomic mass is 9.50. The van der Waals surface area contributed by atoms with Crippen molar-refractivity contribution in [1.82, 2.24) is 43.2 Å². The summed E-state index contributed by atoms with van der Waals surface area (Å²) in [6.07, 6.45) is -10.3. The predicted molar refractivity (Wildman–Crippen MR) is 392 cm³/mol. The van der Waals surface area contributed by atoms with Crippen molar-refractivity contribution in [2.45, 2.75) is 147 Å². The van der Waals surface area contributed by atoms with Gasteiger partial charge in [-0.1, -0.05) is 30.0 Å². The summed E-state index contributed by atoms with van der Waals surface area (Å²) in [4.78, 5) is 79.1. The number of carbonyl (C=O) groups is 1. The lowest BCUT2D eigenvalue weighted by molar-refractivity contribution is -0.215. The summed E-state index contributed by atoms with van der Waals surface area (Å²) >= 11 is 10.8. The molecule has 0 aliphatic carbocycles. The minimum Gasteiger partial charge on any atom is -0.780 e. The van der Waals surface area contributed by atoms with E-state index < -0.39 is 179 Å². The second-order valence-corrected chi connectivity index (χ2v) is 34.4. The van der Waals surface area contributed by atoms with Gasteiger partial charge in [0.25, 0.3) is 11.5 Å². The molecule has 6 aliphatic heterocycles. The number of amides is 1. The largest absolute Gasteiger partial charge is 0.780 e. The third kappa shape index (κ3) is 21.3. The van der Waals surface area contributed by atoms with Crippen molar-refractivity contribution in [3.63, 3.8) is 0 Å². The lowest BCUT2D eigenvalue weighted by Crippen LogP contribution is -2.39. The maximum Gasteiger partial charge on any atom is 0.390 e. The molecule has 5 aromatic heterocycles. The Kier molecular flexibility index (Phi) is 30.7. The highest BCUT2D eigenvalue weighted by Gasteiger charge is 2.51. The molecule has 590 valence electrons. The van der Waals surface area contributed by atoms with Gasteiger partial charge in [0, 0.05) is 111 Å². The van der Waals surface area contributed by atoms with Gasteiger partial charge in [-0.05, 0) is 48.1 Å². The monoisotopic (exact) mass is 1640 g/mol. The Morgan fingerprint density at radius 3 is 1.98 bits per heavy atom. The molecule has 12 rings (SSSR count). The van der Waals surface area contributed by atoms with E-state index >= 15 is 0 Å². The van der Waals surface area contributed by atoms with Crippen LogP contribution >= 0.6 is 31.7 Å². The highest BCUT2D eigenvalue weighted by Crippen LogP contribution is 2.64. The zero-order valence-corrected chi connectivity index (χ0v) is 63.7. The second-order valence-electron chi connectivity index (χ2n) is 24.9. The van der Waals surface area contributed by atoms with Gasteiger partial charge in [0.2, 0.25) is 0 Å². The number of carbonyl (C=O) groups excluding carboxylic acids is 1. The van der Waals surface area contributed by atoms with Crippen LogP contribution in [0.3, 0.4) is 0 Å². The first-order valence-corrected chi connectivity index (χ1v) is 41.7. The van der Waals surface area contributed by atoms with Crippen LogP contribution in [0.1, 0.15) is 54.0 Å².